The molecule has 158 valence electrons. The number of hydrogen-bond donors (Lipinski definition) is 1. The number of para-hydroxylation sites is 2. The van der Waals surface area contributed by atoms with Crippen LogP contribution < -0.4 is 15.0 Å². The van der Waals surface area contributed by atoms with Crippen LogP contribution in [0.25, 0.3) is 0 Å². The van der Waals surface area contributed by atoms with Gasteiger partial charge in [0.2, 0.25) is 5.91 Å². The summed E-state index contributed by atoms with van der Waals surface area (Å²) in [6.45, 7) is 1.67. The highest BCUT2D eigenvalue weighted by atomic mass is 16.5. The van der Waals surface area contributed by atoms with Gasteiger partial charge in [-0.2, -0.15) is 0 Å². The van der Waals surface area contributed by atoms with Gasteiger partial charge in [0, 0.05) is 0 Å². The smallest absolute Gasteiger partial charge is 0.326 e. The van der Waals surface area contributed by atoms with E-state index in [4.69, 9.17) is 14.2 Å². The van der Waals surface area contributed by atoms with Crippen LogP contribution in [0.1, 0.15) is 12.5 Å². The van der Waals surface area contributed by atoms with E-state index < -0.39 is 18.0 Å². The SMILES string of the molecule is CCOC(=O)CN[C@H]1COc2ccccc2N(CC(=O)OCc2ccccc2)C1=O. The van der Waals surface area contributed by atoms with E-state index in [1.807, 2.05) is 30.3 Å². The number of carbonyl (C=O) groups is 3. The summed E-state index contributed by atoms with van der Waals surface area (Å²) < 4.78 is 16.0. The summed E-state index contributed by atoms with van der Waals surface area (Å²) in [6.07, 6.45) is 0. The van der Waals surface area contributed by atoms with Crippen LogP contribution in [0.15, 0.2) is 54.6 Å². The van der Waals surface area contributed by atoms with Crippen molar-refractivity contribution in [2.24, 2.45) is 0 Å². The maximum Gasteiger partial charge on any atom is 0.326 e. The van der Waals surface area contributed by atoms with Crippen molar-refractivity contribution in [1.29, 1.82) is 0 Å². The molecule has 0 aliphatic carbocycles. The summed E-state index contributed by atoms with van der Waals surface area (Å²) in [6, 6.07) is 15.4. The Morgan fingerprint density at radius 2 is 1.80 bits per heavy atom. The molecule has 0 bridgehead atoms. The Morgan fingerprint density at radius 1 is 1.07 bits per heavy atom. The minimum Gasteiger partial charge on any atom is -0.489 e. The maximum absolute atomic E-state index is 13.1. The first-order valence-corrected chi connectivity index (χ1v) is 9.70. The fraction of sp³-hybridized carbons (Fsp3) is 0.318. The highest BCUT2D eigenvalue weighted by Crippen LogP contribution is 2.31. The van der Waals surface area contributed by atoms with Crippen molar-refractivity contribution < 1.29 is 28.6 Å². The van der Waals surface area contributed by atoms with E-state index in [1.54, 1.807) is 31.2 Å². The molecule has 1 atom stereocenters. The second-order valence-corrected chi connectivity index (χ2v) is 6.59. The van der Waals surface area contributed by atoms with Crippen LogP contribution in [0.3, 0.4) is 0 Å². The van der Waals surface area contributed by atoms with Crippen LogP contribution in [0, 0.1) is 0 Å². The Kier molecular flexibility index (Phi) is 7.40. The molecule has 0 unspecified atom stereocenters. The largest absolute Gasteiger partial charge is 0.489 e. The van der Waals surface area contributed by atoms with Crippen molar-refractivity contribution in [3.8, 4) is 5.75 Å². The average molecular weight is 412 g/mol. The number of esters is 2. The van der Waals surface area contributed by atoms with E-state index in [0.717, 1.165) is 5.56 Å². The lowest BCUT2D eigenvalue weighted by Gasteiger charge is -2.23. The van der Waals surface area contributed by atoms with Crippen LogP contribution in [0.4, 0.5) is 5.69 Å². The Bertz CT molecular complexity index is 886. The fourth-order valence-corrected chi connectivity index (χ4v) is 2.99. The molecule has 0 aromatic heterocycles. The molecule has 8 nitrogen and oxygen atoms in total. The van der Waals surface area contributed by atoms with Gasteiger partial charge in [-0.25, -0.2) is 0 Å². The van der Waals surface area contributed by atoms with Crippen LogP contribution in [-0.4, -0.2) is 50.2 Å². The first-order valence-electron chi connectivity index (χ1n) is 9.70. The molecule has 2 aromatic carbocycles. The molecule has 3 rings (SSSR count). The highest BCUT2D eigenvalue weighted by molar-refractivity contribution is 6.02. The summed E-state index contributed by atoms with van der Waals surface area (Å²) in [7, 11) is 0. The van der Waals surface area contributed by atoms with Crippen LogP contribution >= 0.6 is 0 Å². The predicted octanol–water partition coefficient (Wildman–Crippen LogP) is 1.68. The van der Waals surface area contributed by atoms with Gasteiger partial charge >= 0.3 is 11.9 Å². The van der Waals surface area contributed by atoms with Gasteiger partial charge in [-0.3, -0.25) is 24.6 Å². The standard InChI is InChI=1S/C22H24N2O6/c1-2-28-20(25)12-23-17-15-29-19-11-7-6-10-18(19)24(22(17)27)13-21(26)30-14-16-8-4-3-5-9-16/h3-11,17,23H,2,12-15H2,1H3/t17-/m0/s1. The fourth-order valence-electron chi connectivity index (χ4n) is 2.99. The molecule has 0 saturated heterocycles. The summed E-state index contributed by atoms with van der Waals surface area (Å²) in [4.78, 5) is 38.5. The zero-order chi connectivity index (χ0) is 21.3. The molecule has 1 amide bonds. The molecule has 1 aliphatic rings. The van der Waals surface area contributed by atoms with Gasteiger partial charge in [0.1, 0.15) is 31.5 Å². The van der Waals surface area contributed by atoms with E-state index in [1.165, 1.54) is 4.90 Å². The minimum absolute atomic E-state index is 0.0187. The lowest BCUT2D eigenvalue weighted by Crippen LogP contribution is -2.51. The molecule has 30 heavy (non-hydrogen) atoms. The number of amides is 1. The molecule has 0 fully saturated rings. The van der Waals surface area contributed by atoms with Crippen LogP contribution in [0.5, 0.6) is 5.75 Å². The number of nitrogens with one attached hydrogen (secondary N) is 1. The summed E-state index contributed by atoms with van der Waals surface area (Å²) in [5, 5.41) is 2.85. The third kappa shape index (κ3) is 5.57. The second-order valence-electron chi connectivity index (χ2n) is 6.59. The van der Waals surface area contributed by atoms with E-state index in [0.29, 0.717) is 11.4 Å². The van der Waals surface area contributed by atoms with Gasteiger partial charge in [-0.15, -0.1) is 0 Å². The van der Waals surface area contributed by atoms with Gasteiger partial charge in [-0.1, -0.05) is 42.5 Å². The lowest BCUT2D eigenvalue weighted by atomic mass is 10.2. The number of hydrogen-bond acceptors (Lipinski definition) is 7. The molecule has 0 spiro atoms. The third-order valence-electron chi connectivity index (χ3n) is 4.45. The van der Waals surface area contributed by atoms with Crippen molar-refractivity contribution in [3.63, 3.8) is 0 Å². The minimum atomic E-state index is -0.816. The zero-order valence-corrected chi connectivity index (χ0v) is 16.7. The number of benzene rings is 2. The molecule has 1 aliphatic heterocycles. The first-order chi connectivity index (χ1) is 14.6. The number of fused-ring (bicyclic) bond motifs is 1. The van der Waals surface area contributed by atoms with Crippen LogP contribution in [-0.2, 0) is 30.5 Å². The average Bonchev–Trinajstić information content (AvgIpc) is 2.89. The van der Waals surface area contributed by atoms with E-state index >= 15 is 0 Å². The Morgan fingerprint density at radius 3 is 2.57 bits per heavy atom. The van der Waals surface area contributed by atoms with Crippen molar-refractivity contribution >= 4 is 23.5 Å². The summed E-state index contributed by atoms with van der Waals surface area (Å²) in [5.74, 6) is -0.933. The maximum atomic E-state index is 13.1. The topological polar surface area (TPSA) is 94.2 Å². The number of ether oxygens (including phenoxy) is 3. The van der Waals surface area contributed by atoms with Gasteiger partial charge in [0.05, 0.1) is 18.8 Å². The van der Waals surface area contributed by atoms with Gasteiger partial charge in [0.15, 0.2) is 0 Å². The second kappa shape index (κ2) is 10.4. The lowest BCUT2D eigenvalue weighted by molar-refractivity contribution is -0.145. The van der Waals surface area contributed by atoms with Crippen molar-refractivity contribution in [2.75, 3.05) is 31.2 Å². The molecule has 0 radical (unpaired) electrons. The molecular formula is C22H24N2O6. The molecule has 1 N–H and O–H groups in total. The number of carbonyl (C=O) groups excluding carboxylic acids is 3. The van der Waals surface area contributed by atoms with Crippen LogP contribution in [0.2, 0.25) is 0 Å². The van der Waals surface area contributed by atoms with E-state index in [-0.39, 0.29) is 38.8 Å². The van der Waals surface area contributed by atoms with Gasteiger partial charge in [-0.05, 0) is 24.6 Å². The number of anilines is 1. The Labute approximate surface area is 174 Å². The summed E-state index contributed by atoms with van der Waals surface area (Å²) in [5.41, 5.74) is 1.32. The van der Waals surface area contributed by atoms with E-state index in [2.05, 4.69) is 5.32 Å². The Hall–Kier alpha value is -3.39. The monoisotopic (exact) mass is 412 g/mol. The van der Waals surface area contributed by atoms with Crippen molar-refractivity contribution in [3.05, 3.63) is 60.2 Å². The highest BCUT2D eigenvalue weighted by Gasteiger charge is 2.33. The normalized spacial score (nSPS) is 15.6. The van der Waals surface area contributed by atoms with Crippen molar-refractivity contribution in [1.82, 2.24) is 5.32 Å². The molecule has 2 aromatic rings. The Balaban J connectivity index is 1.70. The quantitative estimate of drug-likeness (QED) is 0.659. The van der Waals surface area contributed by atoms with Crippen molar-refractivity contribution in [2.45, 2.75) is 19.6 Å². The molecule has 8 heteroatoms. The number of rotatable bonds is 8. The molecule has 0 saturated carbocycles. The third-order valence-corrected chi connectivity index (χ3v) is 4.45. The number of nitrogens with zero attached hydrogens (tertiary/aromatic N) is 1. The molecular weight excluding hydrogens is 388 g/mol. The van der Waals surface area contributed by atoms with E-state index in [9.17, 15) is 14.4 Å². The summed E-state index contributed by atoms with van der Waals surface area (Å²) >= 11 is 0. The van der Waals surface area contributed by atoms with Gasteiger partial charge < -0.3 is 14.2 Å². The molecule has 1 heterocycles. The first kappa shape index (κ1) is 21.3. The van der Waals surface area contributed by atoms with Gasteiger partial charge in [0.25, 0.3) is 0 Å². The zero-order valence-electron chi connectivity index (χ0n) is 16.7. The predicted molar refractivity (Wildman–Crippen MR) is 109 cm³/mol.